The molecule has 1 aromatic heterocycles. The summed E-state index contributed by atoms with van der Waals surface area (Å²) in [6, 6.07) is 7.85. The summed E-state index contributed by atoms with van der Waals surface area (Å²) in [5.41, 5.74) is 0.908. The van der Waals surface area contributed by atoms with Gasteiger partial charge in [0.15, 0.2) is 0 Å². The van der Waals surface area contributed by atoms with Gasteiger partial charge in [0.2, 0.25) is 0 Å². The molecule has 2 heterocycles. The molecule has 0 bridgehead atoms. The Morgan fingerprint density at radius 1 is 1.19 bits per heavy atom. The van der Waals surface area contributed by atoms with Crippen molar-refractivity contribution in [1.82, 2.24) is 9.88 Å². The number of aromatic nitrogens is 1. The maximum atomic E-state index is 13.4. The van der Waals surface area contributed by atoms with Crippen molar-refractivity contribution in [3.05, 3.63) is 71.3 Å². The van der Waals surface area contributed by atoms with Crippen molar-refractivity contribution in [2.24, 2.45) is 0 Å². The number of hydrogen-bond donors (Lipinski definition) is 1. The van der Waals surface area contributed by atoms with E-state index in [-0.39, 0.29) is 17.9 Å². The fourth-order valence-corrected chi connectivity index (χ4v) is 3.15. The molecule has 1 aliphatic rings. The Balaban J connectivity index is 2.10. The number of halogens is 1. The first-order chi connectivity index (χ1) is 13.0. The molecule has 1 saturated heterocycles. The van der Waals surface area contributed by atoms with Crippen LogP contribution in [0.2, 0.25) is 0 Å². The highest BCUT2D eigenvalue weighted by atomic mass is 19.1. The van der Waals surface area contributed by atoms with Gasteiger partial charge in [-0.25, -0.2) is 4.39 Å². The van der Waals surface area contributed by atoms with Gasteiger partial charge < -0.3 is 14.7 Å². The lowest BCUT2D eigenvalue weighted by Crippen LogP contribution is -2.31. The van der Waals surface area contributed by atoms with E-state index in [1.54, 1.807) is 19.2 Å². The normalized spacial score (nSPS) is 18.9. The van der Waals surface area contributed by atoms with Crippen LogP contribution in [-0.2, 0) is 14.3 Å². The maximum absolute atomic E-state index is 13.4. The molecule has 1 aliphatic heterocycles. The Hall–Kier alpha value is -3.06. The first-order valence-corrected chi connectivity index (χ1v) is 8.47. The van der Waals surface area contributed by atoms with E-state index in [2.05, 4.69) is 4.98 Å². The minimum absolute atomic E-state index is 0.0183. The zero-order chi connectivity index (χ0) is 19.4. The first kappa shape index (κ1) is 18.7. The fraction of sp³-hybridized carbons (Fsp3) is 0.250. The Morgan fingerprint density at radius 2 is 1.85 bits per heavy atom. The summed E-state index contributed by atoms with van der Waals surface area (Å²) in [7, 11) is 1.55. The number of Topliss-reactive ketones (excluding diaryl/α,β-unsaturated/α-hetero) is 1. The molecular formula is C20H19FN2O4. The average molecular weight is 370 g/mol. The standard InChI is InChI=1S/C20H19FN2O4/c1-27-12-2-11-23-17(13-3-5-15(21)6-4-13)16(19(25)20(23)26)18(24)14-7-9-22-10-8-14/h3-10,17,24H,2,11-12H2,1H3/b18-16+. The summed E-state index contributed by atoms with van der Waals surface area (Å²) in [5, 5.41) is 10.7. The number of benzene rings is 1. The van der Waals surface area contributed by atoms with Gasteiger partial charge in [0.1, 0.15) is 11.6 Å². The monoisotopic (exact) mass is 370 g/mol. The average Bonchev–Trinajstić information content (AvgIpc) is 2.94. The summed E-state index contributed by atoms with van der Waals surface area (Å²) in [6.45, 7) is 0.692. The molecule has 27 heavy (non-hydrogen) atoms. The first-order valence-electron chi connectivity index (χ1n) is 8.47. The molecule has 140 valence electrons. The molecule has 0 radical (unpaired) electrons. The van der Waals surface area contributed by atoms with E-state index in [0.717, 1.165) is 0 Å². The number of hydrogen-bond acceptors (Lipinski definition) is 5. The predicted molar refractivity (Wildman–Crippen MR) is 96.1 cm³/mol. The number of ketones is 1. The van der Waals surface area contributed by atoms with E-state index >= 15 is 0 Å². The van der Waals surface area contributed by atoms with Crippen LogP contribution < -0.4 is 0 Å². The summed E-state index contributed by atoms with van der Waals surface area (Å²) in [5.74, 6) is -2.17. The van der Waals surface area contributed by atoms with Gasteiger partial charge in [-0.1, -0.05) is 12.1 Å². The van der Waals surface area contributed by atoms with Crippen LogP contribution in [0.4, 0.5) is 4.39 Å². The highest BCUT2D eigenvalue weighted by molar-refractivity contribution is 6.46. The van der Waals surface area contributed by atoms with Crippen LogP contribution in [0.1, 0.15) is 23.6 Å². The lowest BCUT2D eigenvalue weighted by molar-refractivity contribution is -0.140. The highest BCUT2D eigenvalue weighted by Crippen LogP contribution is 2.39. The molecule has 0 saturated carbocycles. The summed E-state index contributed by atoms with van der Waals surface area (Å²) >= 11 is 0. The van der Waals surface area contributed by atoms with Crippen molar-refractivity contribution in [2.45, 2.75) is 12.5 Å². The number of aliphatic hydroxyl groups is 1. The Bertz CT molecular complexity index is 865. The number of aliphatic hydroxyl groups excluding tert-OH is 1. The lowest BCUT2D eigenvalue weighted by atomic mass is 9.95. The van der Waals surface area contributed by atoms with Crippen LogP contribution >= 0.6 is 0 Å². The largest absolute Gasteiger partial charge is 0.507 e. The Morgan fingerprint density at radius 3 is 2.48 bits per heavy atom. The van der Waals surface area contributed by atoms with Crippen molar-refractivity contribution < 1.29 is 23.8 Å². The molecule has 0 aliphatic carbocycles. The number of methoxy groups -OCH3 is 1. The van der Waals surface area contributed by atoms with Crippen molar-refractivity contribution in [2.75, 3.05) is 20.3 Å². The second kappa shape index (κ2) is 8.09. The van der Waals surface area contributed by atoms with Crippen LogP contribution in [0.15, 0.2) is 54.4 Å². The van der Waals surface area contributed by atoms with E-state index in [4.69, 9.17) is 4.74 Å². The van der Waals surface area contributed by atoms with Gasteiger partial charge in [0.25, 0.3) is 11.7 Å². The van der Waals surface area contributed by atoms with Crippen LogP contribution in [-0.4, -0.2) is 46.9 Å². The number of pyridine rings is 1. The molecule has 1 amide bonds. The van der Waals surface area contributed by atoms with Crippen molar-refractivity contribution in [1.29, 1.82) is 0 Å². The lowest BCUT2D eigenvalue weighted by Gasteiger charge is -2.25. The maximum Gasteiger partial charge on any atom is 0.295 e. The Labute approximate surface area is 155 Å². The zero-order valence-electron chi connectivity index (χ0n) is 14.8. The van der Waals surface area contributed by atoms with Crippen molar-refractivity contribution in [3.8, 4) is 0 Å². The molecule has 1 unspecified atom stereocenters. The fourth-order valence-electron chi connectivity index (χ4n) is 3.15. The number of carbonyl (C=O) groups is 2. The van der Waals surface area contributed by atoms with E-state index in [1.165, 1.54) is 41.6 Å². The molecule has 0 spiro atoms. The number of likely N-dealkylation sites (tertiary alicyclic amines) is 1. The number of amides is 1. The smallest absolute Gasteiger partial charge is 0.295 e. The molecule has 3 rings (SSSR count). The Kier molecular flexibility index (Phi) is 5.61. The summed E-state index contributed by atoms with van der Waals surface area (Å²) in [4.78, 5) is 30.6. The number of rotatable bonds is 6. The second-order valence-electron chi connectivity index (χ2n) is 6.13. The van der Waals surface area contributed by atoms with Crippen LogP contribution in [0.3, 0.4) is 0 Å². The zero-order valence-corrected chi connectivity index (χ0v) is 14.8. The molecule has 1 atom stereocenters. The molecular weight excluding hydrogens is 351 g/mol. The number of nitrogens with zero attached hydrogens (tertiary/aromatic N) is 2. The third-order valence-electron chi connectivity index (χ3n) is 4.43. The second-order valence-corrected chi connectivity index (χ2v) is 6.13. The third-order valence-corrected chi connectivity index (χ3v) is 4.43. The molecule has 2 aromatic rings. The number of ether oxygens (including phenoxy) is 1. The number of carbonyl (C=O) groups excluding carboxylic acids is 2. The van der Waals surface area contributed by atoms with Gasteiger partial charge in [0, 0.05) is 38.2 Å². The molecule has 7 heteroatoms. The van der Waals surface area contributed by atoms with Crippen molar-refractivity contribution >= 4 is 17.4 Å². The molecule has 1 N–H and O–H groups in total. The van der Waals surface area contributed by atoms with E-state index in [0.29, 0.717) is 24.2 Å². The highest BCUT2D eigenvalue weighted by Gasteiger charge is 2.45. The predicted octanol–water partition coefficient (Wildman–Crippen LogP) is 2.68. The van der Waals surface area contributed by atoms with Crippen LogP contribution in [0, 0.1) is 5.82 Å². The van der Waals surface area contributed by atoms with E-state index in [1.807, 2.05) is 0 Å². The van der Waals surface area contributed by atoms with Crippen LogP contribution in [0.25, 0.3) is 5.76 Å². The molecule has 6 nitrogen and oxygen atoms in total. The van der Waals surface area contributed by atoms with E-state index in [9.17, 15) is 19.1 Å². The SMILES string of the molecule is COCCCN1C(=O)C(=O)/C(=C(/O)c2ccncc2)C1c1ccc(F)cc1. The van der Waals surface area contributed by atoms with Gasteiger partial charge in [-0.2, -0.15) is 0 Å². The molecule has 1 fully saturated rings. The third kappa shape index (κ3) is 3.73. The minimum atomic E-state index is -0.796. The van der Waals surface area contributed by atoms with Gasteiger partial charge in [-0.05, 0) is 36.2 Å². The minimum Gasteiger partial charge on any atom is -0.507 e. The van der Waals surface area contributed by atoms with Gasteiger partial charge >= 0.3 is 0 Å². The summed E-state index contributed by atoms with van der Waals surface area (Å²) < 4.78 is 18.4. The van der Waals surface area contributed by atoms with Crippen LogP contribution in [0.5, 0.6) is 0 Å². The van der Waals surface area contributed by atoms with Gasteiger partial charge in [-0.3, -0.25) is 14.6 Å². The topological polar surface area (TPSA) is 79.7 Å². The van der Waals surface area contributed by atoms with Gasteiger partial charge in [-0.15, -0.1) is 0 Å². The summed E-state index contributed by atoms with van der Waals surface area (Å²) in [6.07, 6.45) is 3.49. The molecule has 1 aromatic carbocycles. The van der Waals surface area contributed by atoms with E-state index < -0.39 is 23.5 Å². The van der Waals surface area contributed by atoms with Crippen molar-refractivity contribution in [3.63, 3.8) is 0 Å². The quantitative estimate of drug-likeness (QED) is 0.366. The van der Waals surface area contributed by atoms with Gasteiger partial charge in [0.05, 0.1) is 11.6 Å².